The Labute approximate surface area is 141 Å². The number of nitrogens with zero attached hydrogens (tertiary/aromatic N) is 3. The minimum absolute atomic E-state index is 0.0976. The summed E-state index contributed by atoms with van der Waals surface area (Å²) in [5.41, 5.74) is 0.634. The van der Waals surface area contributed by atoms with Crippen molar-refractivity contribution >= 4 is 16.8 Å². The third kappa shape index (κ3) is 2.72. The normalized spacial score (nSPS) is 23.9. The maximum absolute atomic E-state index is 12.9. The Morgan fingerprint density at radius 1 is 1.12 bits per heavy atom. The number of carbonyl (C=O) groups is 1. The van der Waals surface area contributed by atoms with E-state index in [1.807, 2.05) is 18.2 Å². The van der Waals surface area contributed by atoms with Crippen molar-refractivity contribution in [3.8, 4) is 0 Å². The Balaban J connectivity index is 1.60. The van der Waals surface area contributed by atoms with E-state index in [4.69, 9.17) is 0 Å². The molecule has 1 aromatic carbocycles. The molecule has 1 aliphatic heterocycles. The molecule has 5 heteroatoms. The lowest BCUT2D eigenvalue weighted by atomic mass is 9.78. The van der Waals surface area contributed by atoms with Crippen LogP contribution in [0.15, 0.2) is 35.3 Å². The van der Waals surface area contributed by atoms with E-state index in [1.54, 1.807) is 10.7 Å². The number of piperidine rings is 1. The van der Waals surface area contributed by atoms with Crippen molar-refractivity contribution in [2.24, 2.45) is 5.92 Å². The number of aromatic nitrogens is 2. The van der Waals surface area contributed by atoms with Gasteiger partial charge in [0.15, 0.2) is 0 Å². The predicted molar refractivity (Wildman–Crippen MR) is 92.7 cm³/mol. The topological polar surface area (TPSA) is 55.2 Å². The lowest BCUT2D eigenvalue weighted by Crippen LogP contribution is -2.50. The number of rotatable bonds is 2. The summed E-state index contributed by atoms with van der Waals surface area (Å²) in [6.45, 7) is 1.07. The Bertz CT molecular complexity index is 812. The summed E-state index contributed by atoms with van der Waals surface area (Å²) in [5, 5.41) is 4.82. The van der Waals surface area contributed by atoms with Gasteiger partial charge in [0.1, 0.15) is 6.54 Å². The van der Waals surface area contributed by atoms with Gasteiger partial charge in [-0.2, -0.15) is 5.10 Å². The zero-order valence-corrected chi connectivity index (χ0v) is 13.9. The van der Waals surface area contributed by atoms with E-state index in [2.05, 4.69) is 10.00 Å². The molecule has 24 heavy (non-hydrogen) atoms. The van der Waals surface area contributed by atoms with Crippen LogP contribution < -0.4 is 5.43 Å². The lowest BCUT2D eigenvalue weighted by molar-refractivity contribution is -0.138. The number of fused-ring (bicyclic) bond motifs is 2. The summed E-state index contributed by atoms with van der Waals surface area (Å²) in [7, 11) is 0. The quantitative estimate of drug-likeness (QED) is 0.853. The standard InChI is InChI=1S/C19H23N3O2/c23-18-12-20-22(17-10-4-2-8-15(17)18)13-19(24)21-11-5-7-14-6-1-3-9-16(14)21/h2,4,8,10,12,14,16H,1,3,5-7,9,11,13H2/t14-,16-/m0/s1. The maximum atomic E-state index is 12.9. The van der Waals surface area contributed by atoms with Gasteiger partial charge in [-0.05, 0) is 43.7 Å². The molecule has 2 aromatic rings. The van der Waals surface area contributed by atoms with Gasteiger partial charge in [0.25, 0.3) is 0 Å². The molecule has 126 valence electrons. The van der Waals surface area contributed by atoms with E-state index in [-0.39, 0.29) is 17.9 Å². The molecule has 2 aliphatic rings. The van der Waals surface area contributed by atoms with Crippen LogP contribution in [0.2, 0.25) is 0 Å². The van der Waals surface area contributed by atoms with Gasteiger partial charge in [0.05, 0.1) is 11.7 Å². The summed E-state index contributed by atoms with van der Waals surface area (Å²) in [4.78, 5) is 27.0. The van der Waals surface area contributed by atoms with Gasteiger partial charge in [-0.3, -0.25) is 14.3 Å². The van der Waals surface area contributed by atoms with Crippen LogP contribution in [-0.4, -0.2) is 33.2 Å². The monoisotopic (exact) mass is 325 g/mol. The number of amides is 1. The molecule has 5 nitrogen and oxygen atoms in total. The minimum atomic E-state index is -0.0976. The first kappa shape index (κ1) is 15.4. The summed E-state index contributed by atoms with van der Waals surface area (Å²) < 4.78 is 1.67. The molecule has 1 saturated heterocycles. The summed E-state index contributed by atoms with van der Waals surface area (Å²) in [5.74, 6) is 0.808. The molecule has 2 atom stereocenters. The first-order valence-corrected chi connectivity index (χ1v) is 8.98. The molecule has 0 unspecified atom stereocenters. The van der Waals surface area contributed by atoms with Crippen LogP contribution in [0.25, 0.3) is 10.9 Å². The highest BCUT2D eigenvalue weighted by Crippen LogP contribution is 2.35. The average Bonchev–Trinajstić information content (AvgIpc) is 2.64. The molecule has 2 fully saturated rings. The number of carbonyl (C=O) groups excluding carboxylic acids is 1. The van der Waals surface area contributed by atoms with Crippen LogP contribution in [0.5, 0.6) is 0 Å². The van der Waals surface area contributed by atoms with E-state index in [0.29, 0.717) is 17.3 Å². The average molecular weight is 325 g/mol. The van der Waals surface area contributed by atoms with Crippen molar-refractivity contribution in [2.45, 2.75) is 51.1 Å². The minimum Gasteiger partial charge on any atom is -0.338 e. The Kier molecular flexibility index (Phi) is 4.08. The van der Waals surface area contributed by atoms with Gasteiger partial charge in [-0.25, -0.2) is 0 Å². The SMILES string of the molecule is O=C(Cn1ncc(=O)c2ccccc21)N1CCC[C@@H]2CCCC[C@@H]21. The highest BCUT2D eigenvalue weighted by Gasteiger charge is 2.35. The van der Waals surface area contributed by atoms with Crippen LogP contribution in [0.3, 0.4) is 0 Å². The van der Waals surface area contributed by atoms with Gasteiger partial charge in [0, 0.05) is 18.0 Å². The molecule has 1 aliphatic carbocycles. The summed E-state index contributed by atoms with van der Waals surface area (Å²) >= 11 is 0. The molecule has 4 rings (SSSR count). The zero-order valence-electron chi connectivity index (χ0n) is 13.9. The first-order chi connectivity index (χ1) is 11.7. The second kappa shape index (κ2) is 6.38. The summed E-state index contributed by atoms with van der Waals surface area (Å²) in [6.07, 6.45) is 8.59. The molecular weight excluding hydrogens is 302 g/mol. The van der Waals surface area contributed by atoms with Gasteiger partial charge >= 0.3 is 0 Å². The molecule has 1 aromatic heterocycles. The largest absolute Gasteiger partial charge is 0.338 e. The van der Waals surface area contributed by atoms with E-state index in [0.717, 1.165) is 24.9 Å². The number of hydrogen-bond acceptors (Lipinski definition) is 3. The van der Waals surface area contributed by atoms with Crippen LogP contribution in [0, 0.1) is 5.92 Å². The van der Waals surface area contributed by atoms with Gasteiger partial charge < -0.3 is 4.90 Å². The van der Waals surface area contributed by atoms with E-state index < -0.39 is 0 Å². The third-order valence-corrected chi connectivity index (χ3v) is 5.61. The molecule has 0 bridgehead atoms. The van der Waals surface area contributed by atoms with Crippen LogP contribution >= 0.6 is 0 Å². The predicted octanol–water partition coefficient (Wildman–Crippen LogP) is 2.58. The second-order valence-electron chi connectivity index (χ2n) is 7.02. The number of benzene rings is 1. The Morgan fingerprint density at radius 3 is 2.83 bits per heavy atom. The van der Waals surface area contributed by atoms with Crippen LogP contribution in [0.1, 0.15) is 38.5 Å². The summed E-state index contributed by atoms with van der Waals surface area (Å²) in [6, 6.07) is 7.77. The van der Waals surface area contributed by atoms with Crippen molar-refractivity contribution in [1.29, 1.82) is 0 Å². The molecule has 0 N–H and O–H groups in total. The maximum Gasteiger partial charge on any atom is 0.244 e. The Morgan fingerprint density at radius 2 is 1.92 bits per heavy atom. The fourth-order valence-electron chi connectivity index (χ4n) is 4.44. The van der Waals surface area contributed by atoms with Crippen molar-refractivity contribution in [2.75, 3.05) is 6.54 Å². The molecule has 1 saturated carbocycles. The highest BCUT2D eigenvalue weighted by molar-refractivity contribution is 5.81. The fourth-order valence-corrected chi connectivity index (χ4v) is 4.44. The van der Waals surface area contributed by atoms with E-state index in [1.165, 1.54) is 31.9 Å². The number of para-hydroxylation sites is 1. The molecule has 2 heterocycles. The van der Waals surface area contributed by atoms with E-state index >= 15 is 0 Å². The molecule has 1 amide bonds. The molecular formula is C19H23N3O2. The first-order valence-electron chi connectivity index (χ1n) is 8.98. The molecule has 0 spiro atoms. The fraction of sp³-hybridized carbons (Fsp3) is 0.526. The van der Waals surface area contributed by atoms with Gasteiger partial charge in [0.2, 0.25) is 11.3 Å². The lowest BCUT2D eigenvalue weighted by Gasteiger charge is -2.44. The van der Waals surface area contributed by atoms with E-state index in [9.17, 15) is 9.59 Å². The van der Waals surface area contributed by atoms with Crippen molar-refractivity contribution in [1.82, 2.24) is 14.7 Å². The smallest absolute Gasteiger partial charge is 0.244 e. The van der Waals surface area contributed by atoms with Gasteiger partial charge in [-0.15, -0.1) is 0 Å². The number of hydrogen-bond donors (Lipinski definition) is 0. The third-order valence-electron chi connectivity index (χ3n) is 5.61. The second-order valence-corrected chi connectivity index (χ2v) is 7.02. The van der Waals surface area contributed by atoms with Crippen molar-refractivity contribution in [3.63, 3.8) is 0 Å². The van der Waals surface area contributed by atoms with Crippen molar-refractivity contribution in [3.05, 3.63) is 40.7 Å². The Hall–Kier alpha value is -2.17. The zero-order chi connectivity index (χ0) is 16.5. The van der Waals surface area contributed by atoms with Gasteiger partial charge in [-0.1, -0.05) is 25.0 Å². The van der Waals surface area contributed by atoms with Crippen molar-refractivity contribution < 1.29 is 4.79 Å². The molecule has 0 radical (unpaired) electrons. The van der Waals surface area contributed by atoms with Crippen LogP contribution in [-0.2, 0) is 11.3 Å². The highest BCUT2D eigenvalue weighted by atomic mass is 16.2. The van der Waals surface area contributed by atoms with Crippen LogP contribution in [0.4, 0.5) is 0 Å². The number of likely N-dealkylation sites (tertiary alicyclic amines) is 1.